The van der Waals surface area contributed by atoms with Gasteiger partial charge in [-0.15, -0.1) is 12.4 Å². The van der Waals surface area contributed by atoms with Crippen LogP contribution in [0.5, 0.6) is 0 Å². The zero-order valence-electron chi connectivity index (χ0n) is 8.48. The molecule has 0 aliphatic heterocycles. The van der Waals surface area contributed by atoms with Crippen LogP contribution in [0.1, 0.15) is 0 Å². The monoisotopic (exact) mass is 254 g/mol. The zero-order valence-corrected chi connectivity index (χ0v) is 10.1. The summed E-state index contributed by atoms with van der Waals surface area (Å²) in [4.78, 5) is 0. The van der Waals surface area contributed by atoms with Crippen molar-refractivity contribution < 1.29 is 0 Å². The number of halogens is 2. The Kier molecular flexibility index (Phi) is 4.05. The summed E-state index contributed by atoms with van der Waals surface area (Å²) < 4.78 is 0. The molecule has 84 valence electrons. The molecule has 0 spiro atoms. The van der Waals surface area contributed by atoms with Crippen LogP contribution in [-0.4, -0.2) is 0 Å². The Labute approximate surface area is 106 Å². The number of benzene rings is 2. The molecule has 4 N–H and O–H groups in total. The second kappa shape index (κ2) is 5.10. The summed E-state index contributed by atoms with van der Waals surface area (Å²) >= 11 is 5.95. The lowest BCUT2D eigenvalue weighted by atomic mass is 10.1. The molecule has 2 aromatic rings. The molecule has 0 fully saturated rings. The summed E-state index contributed by atoms with van der Waals surface area (Å²) in [6.07, 6.45) is 0. The van der Waals surface area contributed by atoms with Gasteiger partial charge < -0.3 is 11.5 Å². The molecule has 16 heavy (non-hydrogen) atoms. The summed E-state index contributed by atoms with van der Waals surface area (Å²) in [5.41, 5.74) is 14.7. The van der Waals surface area contributed by atoms with Gasteiger partial charge in [0.05, 0.1) is 10.7 Å². The Hall–Kier alpha value is -1.38. The quantitative estimate of drug-likeness (QED) is 0.765. The number of hydrogen-bond acceptors (Lipinski definition) is 2. The normalized spacial score (nSPS) is 9.56. The van der Waals surface area contributed by atoms with E-state index >= 15 is 0 Å². The third-order valence-electron chi connectivity index (χ3n) is 2.24. The van der Waals surface area contributed by atoms with E-state index < -0.39 is 0 Å². The van der Waals surface area contributed by atoms with Crippen LogP contribution < -0.4 is 11.5 Å². The van der Waals surface area contributed by atoms with Crippen LogP contribution in [0.4, 0.5) is 11.4 Å². The highest BCUT2D eigenvalue weighted by Gasteiger charge is 2.00. The van der Waals surface area contributed by atoms with E-state index in [1.54, 1.807) is 6.07 Å². The van der Waals surface area contributed by atoms with Crippen molar-refractivity contribution in [3.05, 3.63) is 47.5 Å². The van der Waals surface area contributed by atoms with Gasteiger partial charge in [0.15, 0.2) is 0 Å². The Balaban J connectivity index is 0.00000128. The Morgan fingerprint density at radius 3 is 1.94 bits per heavy atom. The molecule has 2 nitrogen and oxygen atoms in total. The maximum absolute atomic E-state index is 5.95. The minimum atomic E-state index is 0. The van der Waals surface area contributed by atoms with Gasteiger partial charge in [0.25, 0.3) is 0 Å². The highest BCUT2D eigenvalue weighted by molar-refractivity contribution is 6.33. The van der Waals surface area contributed by atoms with Crippen LogP contribution in [-0.2, 0) is 0 Å². The van der Waals surface area contributed by atoms with E-state index in [9.17, 15) is 0 Å². The van der Waals surface area contributed by atoms with Crippen molar-refractivity contribution in [1.29, 1.82) is 0 Å². The van der Waals surface area contributed by atoms with Crippen molar-refractivity contribution >= 4 is 35.4 Å². The van der Waals surface area contributed by atoms with Crippen molar-refractivity contribution in [3.63, 3.8) is 0 Å². The smallest absolute Gasteiger partial charge is 0.0641 e. The Morgan fingerprint density at radius 2 is 1.38 bits per heavy atom. The van der Waals surface area contributed by atoms with Crippen molar-refractivity contribution in [1.82, 2.24) is 0 Å². The fraction of sp³-hybridized carbons (Fsp3) is 0. The predicted octanol–water partition coefficient (Wildman–Crippen LogP) is 3.59. The molecular formula is C12H12Cl2N2. The predicted molar refractivity (Wildman–Crippen MR) is 73.0 cm³/mol. The summed E-state index contributed by atoms with van der Waals surface area (Å²) in [6, 6.07) is 13.2. The molecular weight excluding hydrogens is 243 g/mol. The van der Waals surface area contributed by atoms with Crippen LogP contribution in [0.2, 0.25) is 5.02 Å². The van der Waals surface area contributed by atoms with E-state index in [0.717, 1.165) is 16.8 Å². The molecule has 2 rings (SSSR count). The maximum Gasteiger partial charge on any atom is 0.0641 e. The molecule has 0 aliphatic rings. The molecule has 0 aliphatic carbocycles. The van der Waals surface area contributed by atoms with Crippen molar-refractivity contribution in [2.75, 3.05) is 11.5 Å². The number of nitrogen functional groups attached to an aromatic ring is 2. The van der Waals surface area contributed by atoms with E-state index in [4.69, 9.17) is 23.1 Å². The van der Waals surface area contributed by atoms with Gasteiger partial charge in [-0.2, -0.15) is 0 Å². The first-order valence-electron chi connectivity index (χ1n) is 4.58. The molecule has 0 heterocycles. The van der Waals surface area contributed by atoms with Gasteiger partial charge in [-0.05, 0) is 35.4 Å². The Morgan fingerprint density at radius 1 is 0.812 bits per heavy atom. The van der Waals surface area contributed by atoms with Crippen molar-refractivity contribution in [2.24, 2.45) is 0 Å². The molecule has 0 bridgehead atoms. The minimum Gasteiger partial charge on any atom is -0.399 e. The second-order valence-corrected chi connectivity index (χ2v) is 3.77. The largest absolute Gasteiger partial charge is 0.399 e. The van der Waals surface area contributed by atoms with Crippen LogP contribution in [0.3, 0.4) is 0 Å². The summed E-state index contributed by atoms with van der Waals surface area (Å²) in [6.45, 7) is 0. The third kappa shape index (κ3) is 2.60. The molecule has 0 radical (unpaired) electrons. The topological polar surface area (TPSA) is 52.0 Å². The second-order valence-electron chi connectivity index (χ2n) is 3.36. The van der Waals surface area contributed by atoms with Gasteiger partial charge in [0, 0.05) is 5.69 Å². The van der Waals surface area contributed by atoms with Crippen molar-refractivity contribution in [2.45, 2.75) is 0 Å². The van der Waals surface area contributed by atoms with Gasteiger partial charge in [-0.1, -0.05) is 29.8 Å². The van der Waals surface area contributed by atoms with Crippen molar-refractivity contribution in [3.8, 4) is 11.1 Å². The fourth-order valence-corrected chi connectivity index (χ4v) is 1.56. The fourth-order valence-electron chi connectivity index (χ4n) is 1.38. The zero-order chi connectivity index (χ0) is 10.8. The van der Waals surface area contributed by atoms with Gasteiger partial charge in [-0.3, -0.25) is 0 Å². The average Bonchev–Trinajstić information content (AvgIpc) is 2.23. The molecule has 2 aromatic carbocycles. The van der Waals surface area contributed by atoms with E-state index in [2.05, 4.69) is 0 Å². The van der Waals surface area contributed by atoms with Gasteiger partial charge >= 0.3 is 0 Å². The van der Waals surface area contributed by atoms with Crippen LogP contribution in [0.15, 0.2) is 42.5 Å². The standard InChI is InChI=1S/C12H11ClN2.ClH/c13-11-7-9(3-6-12(11)15)8-1-4-10(14)5-2-8;/h1-7H,14-15H2;1H. The SMILES string of the molecule is Cl.Nc1ccc(-c2ccc(N)c(Cl)c2)cc1. The number of anilines is 2. The molecule has 0 saturated heterocycles. The molecule has 0 amide bonds. The lowest BCUT2D eigenvalue weighted by Gasteiger charge is -2.04. The first-order valence-corrected chi connectivity index (χ1v) is 4.95. The number of nitrogens with two attached hydrogens (primary N) is 2. The van der Waals surface area contributed by atoms with Gasteiger partial charge in [0.1, 0.15) is 0 Å². The van der Waals surface area contributed by atoms with Crippen LogP contribution in [0.25, 0.3) is 11.1 Å². The maximum atomic E-state index is 5.95. The van der Waals surface area contributed by atoms with Gasteiger partial charge in [0.2, 0.25) is 0 Å². The number of hydrogen-bond donors (Lipinski definition) is 2. The first-order chi connectivity index (χ1) is 7.16. The van der Waals surface area contributed by atoms with Crippen LogP contribution >= 0.6 is 24.0 Å². The van der Waals surface area contributed by atoms with E-state index in [1.165, 1.54) is 0 Å². The van der Waals surface area contributed by atoms with E-state index in [0.29, 0.717) is 10.7 Å². The summed E-state index contributed by atoms with van der Waals surface area (Å²) in [5.74, 6) is 0. The summed E-state index contributed by atoms with van der Waals surface area (Å²) in [7, 11) is 0. The third-order valence-corrected chi connectivity index (χ3v) is 2.57. The van der Waals surface area contributed by atoms with E-state index in [1.807, 2.05) is 36.4 Å². The minimum absolute atomic E-state index is 0. The first kappa shape index (κ1) is 12.7. The van der Waals surface area contributed by atoms with Gasteiger partial charge in [-0.25, -0.2) is 0 Å². The summed E-state index contributed by atoms with van der Waals surface area (Å²) in [5, 5.41) is 0.573. The molecule has 0 aromatic heterocycles. The highest BCUT2D eigenvalue weighted by Crippen LogP contribution is 2.27. The molecule has 0 atom stereocenters. The highest BCUT2D eigenvalue weighted by atomic mass is 35.5. The lowest BCUT2D eigenvalue weighted by molar-refractivity contribution is 1.61. The molecule has 4 heteroatoms. The lowest BCUT2D eigenvalue weighted by Crippen LogP contribution is -1.87. The Bertz CT molecular complexity index is 481. The van der Waals surface area contributed by atoms with Crippen LogP contribution in [0, 0.1) is 0 Å². The molecule has 0 saturated carbocycles. The molecule has 0 unspecified atom stereocenters. The average molecular weight is 255 g/mol. The number of rotatable bonds is 1. The van der Waals surface area contributed by atoms with E-state index in [-0.39, 0.29) is 12.4 Å².